The SMILES string of the molecule is CCc1ccccc1CNC1CCC(O)CC1. The first-order valence-corrected chi connectivity index (χ1v) is 6.77. The molecule has 2 nitrogen and oxygen atoms in total. The van der Waals surface area contributed by atoms with Gasteiger partial charge in [0.15, 0.2) is 0 Å². The molecule has 17 heavy (non-hydrogen) atoms. The van der Waals surface area contributed by atoms with Crippen LogP contribution in [-0.2, 0) is 13.0 Å². The summed E-state index contributed by atoms with van der Waals surface area (Å²) in [4.78, 5) is 0. The largest absolute Gasteiger partial charge is 0.393 e. The van der Waals surface area contributed by atoms with E-state index in [9.17, 15) is 5.11 Å². The molecule has 2 heteroatoms. The monoisotopic (exact) mass is 233 g/mol. The average Bonchev–Trinajstić information content (AvgIpc) is 2.38. The minimum Gasteiger partial charge on any atom is -0.393 e. The summed E-state index contributed by atoms with van der Waals surface area (Å²) in [5, 5.41) is 13.1. The van der Waals surface area contributed by atoms with Gasteiger partial charge in [0.1, 0.15) is 0 Å². The molecule has 0 atom stereocenters. The molecule has 94 valence electrons. The molecule has 0 aliphatic heterocycles. The van der Waals surface area contributed by atoms with Gasteiger partial charge in [-0.15, -0.1) is 0 Å². The van der Waals surface area contributed by atoms with Crippen molar-refractivity contribution >= 4 is 0 Å². The van der Waals surface area contributed by atoms with E-state index in [-0.39, 0.29) is 6.10 Å². The summed E-state index contributed by atoms with van der Waals surface area (Å²) < 4.78 is 0. The van der Waals surface area contributed by atoms with E-state index in [2.05, 4.69) is 36.5 Å². The first-order valence-electron chi connectivity index (χ1n) is 6.77. The van der Waals surface area contributed by atoms with Crippen molar-refractivity contribution in [3.05, 3.63) is 35.4 Å². The number of hydrogen-bond acceptors (Lipinski definition) is 2. The van der Waals surface area contributed by atoms with Crippen LogP contribution in [0.15, 0.2) is 24.3 Å². The van der Waals surface area contributed by atoms with Gasteiger partial charge in [0.05, 0.1) is 6.10 Å². The number of aliphatic hydroxyl groups is 1. The summed E-state index contributed by atoms with van der Waals surface area (Å²) in [6.07, 6.45) is 5.16. The van der Waals surface area contributed by atoms with Crippen LogP contribution in [0.2, 0.25) is 0 Å². The molecule has 0 bridgehead atoms. The van der Waals surface area contributed by atoms with Crippen LogP contribution in [0, 0.1) is 0 Å². The minimum absolute atomic E-state index is 0.0593. The van der Waals surface area contributed by atoms with Gasteiger partial charge in [0.2, 0.25) is 0 Å². The van der Waals surface area contributed by atoms with Crippen molar-refractivity contribution in [3.63, 3.8) is 0 Å². The molecule has 0 spiro atoms. The normalized spacial score (nSPS) is 24.8. The molecule has 1 aromatic rings. The van der Waals surface area contributed by atoms with Gasteiger partial charge < -0.3 is 10.4 Å². The third-order valence-electron chi connectivity index (χ3n) is 3.78. The number of aryl methyl sites for hydroxylation is 1. The molecule has 0 unspecified atom stereocenters. The van der Waals surface area contributed by atoms with Crippen molar-refractivity contribution in [3.8, 4) is 0 Å². The lowest BCUT2D eigenvalue weighted by molar-refractivity contribution is 0.116. The Kier molecular flexibility index (Phi) is 4.57. The number of benzene rings is 1. The van der Waals surface area contributed by atoms with E-state index >= 15 is 0 Å². The van der Waals surface area contributed by atoms with E-state index in [4.69, 9.17) is 0 Å². The molecule has 1 fully saturated rings. The van der Waals surface area contributed by atoms with Gasteiger partial charge in [-0.2, -0.15) is 0 Å². The molecule has 1 aliphatic rings. The first kappa shape index (κ1) is 12.6. The molecule has 0 amide bonds. The summed E-state index contributed by atoms with van der Waals surface area (Å²) in [6.45, 7) is 3.17. The summed E-state index contributed by atoms with van der Waals surface area (Å²) >= 11 is 0. The van der Waals surface area contributed by atoms with Crippen molar-refractivity contribution < 1.29 is 5.11 Å². The Morgan fingerprint density at radius 3 is 2.41 bits per heavy atom. The van der Waals surface area contributed by atoms with E-state index in [1.807, 2.05) is 0 Å². The molecule has 1 aliphatic carbocycles. The lowest BCUT2D eigenvalue weighted by Gasteiger charge is -2.26. The molecule has 1 saturated carbocycles. The topological polar surface area (TPSA) is 32.3 Å². The Morgan fingerprint density at radius 1 is 1.12 bits per heavy atom. The fourth-order valence-corrected chi connectivity index (χ4v) is 2.61. The molecular formula is C15H23NO. The number of nitrogens with one attached hydrogen (secondary N) is 1. The Hall–Kier alpha value is -0.860. The fraction of sp³-hybridized carbons (Fsp3) is 0.600. The molecular weight excluding hydrogens is 210 g/mol. The maximum absolute atomic E-state index is 9.47. The summed E-state index contributed by atoms with van der Waals surface area (Å²) in [5.74, 6) is 0. The molecule has 0 saturated heterocycles. The predicted octanol–water partition coefficient (Wildman–Crippen LogP) is 2.64. The summed E-state index contributed by atoms with van der Waals surface area (Å²) in [5.41, 5.74) is 2.86. The molecule has 0 aromatic heterocycles. The van der Waals surface area contributed by atoms with Crippen LogP contribution < -0.4 is 5.32 Å². The van der Waals surface area contributed by atoms with E-state index in [1.165, 1.54) is 11.1 Å². The van der Waals surface area contributed by atoms with Crippen molar-refractivity contribution in [1.82, 2.24) is 5.32 Å². The smallest absolute Gasteiger partial charge is 0.0541 e. The highest BCUT2D eigenvalue weighted by atomic mass is 16.3. The molecule has 0 heterocycles. The highest BCUT2D eigenvalue weighted by molar-refractivity contribution is 5.26. The fourth-order valence-electron chi connectivity index (χ4n) is 2.61. The van der Waals surface area contributed by atoms with Crippen LogP contribution >= 0.6 is 0 Å². The zero-order valence-electron chi connectivity index (χ0n) is 10.7. The highest BCUT2D eigenvalue weighted by Crippen LogP contribution is 2.19. The number of rotatable bonds is 4. The second-order valence-electron chi connectivity index (χ2n) is 5.01. The van der Waals surface area contributed by atoms with Crippen LogP contribution in [0.1, 0.15) is 43.7 Å². The van der Waals surface area contributed by atoms with Crippen molar-refractivity contribution in [1.29, 1.82) is 0 Å². The van der Waals surface area contributed by atoms with Gasteiger partial charge in [-0.25, -0.2) is 0 Å². The van der Waals surface area contributed by atoms with Gasteiger partial charge in [0, 0.05) is 12.6 Å². The average molecular weight is 233 g/mol. The van der Waals surface area contributed by atoms with E-state index < -0.39 is 0 Å². The molecule has 2 N–H and O–H groups in total. The first-order chi connectivity index (χ1) is 8.29. The second kappa shape index (κ2) is 6.18. The van der Waals surface area contributed by atoms with Gasteiger partial charge in [-0.3, -0.25) is 0 Å². The van der Waals surface area contributed by atoms with Crippen LogP contribution in [0.5, 0.6) is 0 Å². The molecule has 1 aromatic carbocycles. The van der Waals surface area contributed by atoms with Crippen molar-refractivity contribution in [2.75, 3.05) is 0 Å². The van der Waals surface area contributed by atoms with Crippen LogP contribution in [0.4, 0.5) is 0 Å². The van der Waals surface area contributed by atoms with Crippen molar-refractivity contribution in [2.45, 2.75) is 57.7 Å². The van der Waals surface area contributed by atoms with Gasteiger partial charge in [-0.1, -0.05) is 31.2 Å². The van der Waals surface area contributed by atoms with Crippen molar-refractivity contribution in [2.24, 2.45) is 0 Å². The molecule has 2 rings (SSSR count). The summed E-state index contributed by atoms with van der Waals surface area (Å²) in [7, 11) is 0. The summed E-state index contributed by atoms with van der Waals surface area (Å²) in [6, 6.07) is 9.23. The third-order valence-corrected chi connectivity index (χ3v) is 3.78. The Labute approximate surface area is 104 Å². The van der Waals surface area contributed by atoms with Gasteiger partial charge in [-0.05, 0) is 43.2 Å². The minimum atomic E-state index is -0.0593. The third kappa shape index (κ3) is 3.55. The maximum atomic E-state index is 9.47. The molecule has 0 radical (unpaired) electrons. The van der Waals surface area contributed by atoms with Gasteiger partial charge in [0.25, 0.3) is 0 Å². The predicted molar refractivity (Wildman–Crippen MR) is 70.9 cm³/mol. The van der Waals surface area contributed by atoms with Crippen LogP contribution in [0.25, 0.3) is 0 Å². The standard InChI is InChI=1S/C15H23NO/c1-2-12-5-3-4-6-13(12)11-16-14-7-9-15(17)10-8-14/h3-6,14-17H,2,7-11H2,1H3. The van der Waals surface area contributed by atoms with Crippen LogP contribution in [0.3, 0.4) is 0 Å². The van der Waals surface area contributed by atoms with E-state index in [0.717, 1.165) is 38.6 Å². The zero-order chi connectivity index (χ0) is 12.1. The number of aliphatic hydroxyl groups excluding tert-OH is 1. The van der Waals surface area contributed by atoms with Crippen LogP contribution in [-0.4, -0.2) is 17.3 Å². The Balaban J connectivity index is 1.85. The lowest BCUT2D eigenvalue weighted by atomic mass is 9.93. The second-order valence-corrected chi connectivity index (χ2v) is 5.01. The van der Waals surface area contributed by atoms with E-state index in [1.54, 1.807) is 0 Å². The van der Waals surface area contributed by atoms with Gasteiger partial charge >= 0.3 is 0 Å². The van der Waals surface area contributed by atoms with E-state index in [0.29, 0.717) is 6.04 Å². The quantitative estimate of drug-likeness (QED) is 0.838. The Bertz CT molecular complexity index is 343. The maximum Gasteiger partial charge on any atom is 0.0541 e. The zero-order valence-corrected chi connectivity index (χ0v) is 10.7. The number of hydrogen-bond donors (Lipinski definition) is 2. The lowest BCUT2D eigenvalue weighted by Crippen LogP contribution is -2.34. The Morgan fingerprint density at radius 2 is 1.76 bits per heavy atom. The highest BCUT2D eigenvalue weighted by Gasteiger charge is 2.18.